The van der Waals surface area contributed by atoms with Crippen LogP contribution in [0.1, 0.15) is 66.2 Å². The molecule has 2 nitrogen and oxygen atoms in total. The van der Waals surface area contributed by atoms with Crippen LogP contribution in [0.5, 0.6) is 0 Å². The average molecular weight is 241 g/mol. The second kappa shape index (κ2) is 6.75. The lowest BCUT2D eigenvalue weighted by molar-refractivity contribution is 0.207. The Bertz CT molecular complexity index is 205. The first-order chi connectivity index (χ1) is 7.97. The first-order valence-electron chi connectivity index (χ1n) is 7.34. The molecule has 0 bridgehead atoms. The fourth-order valence-corrected chi connectivity index (χ4v) is 2.97. The molecule has 0 aliphatic heterocycles. The Balaban J connectivity index is 2.42. The molecule has 1 aliphatic carbocycles. The fraction of sp³-hybridized carbons (Fsp3) is 1.00. The number of aliphatic hydroxyl groups excluding tert-OH is 1. The van der Waals surface area contributed by atoms with Crippen molar-refractivity contribution in [3.05, 3.63) is 0 Å². The molecule has 0 amide bonds. The first kappa shape index (κ1) is 15.0. The van der Waals surface area contributed by atoms with Crippen molar-refractivity contribution in [3.63, 3.8) is 0 Å². The zero-order valence-corrected chi connectivity index (χ0v) is 12.1. The van der Waals surface area contributed by atoms with Crippen LogP contribution in [0, 0.1) is 11.3 Å². The van der Waals surface area contributed by atoms with Crippen LogP contribution in [-0.2, 0) is 0 Å². The van der Waals surface area contributed by atoms with Crippen molar-refractivity contribution in [1.82, 2.24) is 5.32 Å². The number of nitrogens with one attached hydrogen (secondary N) is 1. The smallest absolute Gasteiger partial charge is 0.0584 e. The molecule has 1 saturated carbocycles. The maximum atomic E-state index is 9.25. The molecule has 0 spiro atoms. The Morgan fingerprint density at radius 2 is 1.88 bits per heavy atom. The van der Waals surface area contributed by atoms with Gasteiger partial charge in [-0.05, 0) is 43.4 Å². The lowest BCUT2D eigenvalue weighted by Gasteiger charge is -2.30. The summed E-state index contributed by atoms with van der Waals surface area (Å²) in [6.07, 6.45) is 7.62. The quantitative estimate of drug-likeness (QED) is 0.740. The Hall–Kier alpha value is -0.0800. The van der Waals surface area contributed by atoms with Gasteiger partial charge in [-0.25, -0.2) is 0 Å². The Morgan fingerprint density at radius 1 is 1.18 bits per heavy atom. The summed E-state index contributed by atoms with van der Waals surface area (Å²) < 4.78 is 0. The predicted molar refractivity (Wildman–Crippen MR) is 74.1 cm³/mol. The van der Waals surface area contributed by atoms with Gasteiger partial charge in [0.1, 0.15) is 0 Å². The van der Waals surface area contributed by atoms with Gasteiger partial charge in [-0.2, -0.15) is 0 Å². The highest BCUT2D eigenvalue weighted by atomic mass is 16.3. The number of rotatable bonds is 4. The zero-order chi connectivity index (χ0) is 12.9. The van der Waals surface area contributed by atoms with E-state index in [1.165, 1.54) is 32.1 Å². The van der Waals surface area contributed by atoms with E-state index in [4.69, 9.17) is 0 Å². The van der Waals surface area contributed by atoms with E-state index in [9.17, 15) is 5.11 Å². The summed E-state index contributed by atoms with van der Waals surface area (Å²) in [5.74, 6) is 0.864. The monoisotopic (exact) mass is 241 g/mol. The predicted octanol–water partition coefficient (Wildman–Crippen LogP) is 3.34. The van der Waals surface area contributed by atoms with Gasteiger partial charge >= 0.3 is 0 Å². The Labute approximate surface area is 107 Å². The largest absolute Gasteiger partial charge is 0.395 e. The van der Waals surface area contributed by atoms with E-state index < -0.39 is 0 Å². The highest BCUT2D eigenvalue weighted by Gasteiger charge is 2.28. The van der Waals surface area contributed by atoms with E-state index in [1.807, 2.05) is 0 Å². The highest BCUT2D eigenvalue weighted by molar-refractivity contribution is 4.82. The van der Waals surface area contributed by atoms with Gasteiger partial charge in [0.15, 0.2) is 0 Å². The van der Waals surface area contributed by atoms with E-state index in [1.54, 1.807) is 0 Å². The van der Waals surface area contributed by atoms with Crippen molar-refractivity contribution in [2.45, 2.75) is 78.3 Å². The molecule has 3 unspecified atom stereocenters. The van der Waals surface area contributed by atoms with Gasteiger partial charge < -0.3 is 10.4 Å². The summed E-state index contributed by atoms with van der Waals surface area (Å²) in [4.78, 5) is 0. The molecule has 0 heterocycles. The van der Waals surface area contributed by atoms with E-state index in [-0.39, 0.29) is 6.61 Å². The molecule has 2 heteroatoms. The lowest BCUT2D eigenvalue weighted by atomic mass is 9.76. The molecule has 0 aromatic carbocycles. The summed E-state index contributed by atoms with van der Waals surface area (Å²) >= 11 is 0. The maximum Gasteiger partial charge on any atom is 0.0584 e. The number of hydrogen-bond acceptors (Lipinski definition) is 2. The van der Waals surface area contributed by atoms with Crippen molar-refractivity contribution >= 4 is 0 Å². The molecule has 0 saturated heterocycles. The van der Waals surface area contributed by atoms with Crippen molar-refractivity contribution in [3.8, 4) is 0 Å². The molecule has 0 radical (unpaired) electrons. The lowest BCUT2D eigenvalue weighted by Crippen LogP contribution is -2.40. The Kier molecular flexibility index (Phi) is 5.94. The third kappa shape index (κ3) is 4.97. The van der Waals surface area contributed by atoms with Crippen molar-refractivity contribution < 1.29 is 5.11 Å². The standard InChI is InChI=1S/C15H31NO/c1-5-13(11-17)16-14-8-6-7-12(9-10-14)15(2,3)4/h12-14,16-17H,5-11H2,1-4H3. The molecule has 0 aromatic heterocycles. The van der Waals surface area contributed by atoms with Crippen LogP contribution in [0.25, 0.3) is 0 Å². The summed E-state index contributed by atoms with van der Waals surface area (Å²) in [5.41, 5.74) is 0.454. The van der Waals surface area contributed by atoms with E-state index in [0.717, 1.165) is 12.3 Å². The minimum absolute atomic E-state index is 0.274. The van der Waals surface area contributed by atoms with Gasteiger partial charge in [-0.3, -0.25) is 0 Å². The number of hydrogen-bond donors (Lipinski definition) is 2. The molecule has 2 N–H and O–H groups in total. The summed E-state index contributed by atoms with van der Waals surface area (Å²) in [6, 6.07) is 0.922. The van der Waals surface area contributed by atoms with Crippen LogP contribution >= 0.6 is 0 Å². The summed E-state index contributed by atoms with van der Waals surface area (Å²) in [6.45, 7) is 9.52. The highest BCUT2D eigenvalue weighted by Crippen LogP contribution is 2.36. The van der Waals surface area contributed by atoms with Crippen LogP contribution in [0.15, 0.2) is 0 Å². The minimum atomic E-state index is 0.274. The van der Waals surface area contributed by atoms with E-state index >= 15 is 0 Å². The third-order valence-corrected chi connectivity index (χ3v) is 4.38. The fourth-order valence-electron chi connectivity index (χ4n) is 2.97. The molecule has 1 fully saturated rings. The minimum Gasteiger partial charge on any atom is -0.395 e. The molecule has 17 heavy (non-hydrogen) atoms. The average Bonchev–Trinajstić information content (AvgIpc) is 2.50. The second-order valence-electron chi connectivity index (χ2n) is 6.72. The zero-order valence-electron chi connectivity index (χ0n) is 12.1. The Morgan fingerprint density at radius 3 is 2.41 bits per heavy atom. The van der Waals surface area contributed by atoms with E-state index in [2.05, 4.69) is 33.0 Å². The van der Waals surface area contributed by atoms with Gasteiger partial charge in [-0.15, -0.1) is 0 Å². The summed E-state index contributed by atoms with van der Waals surface area (Å²) in [7, 11) is 0. The van der Waals surface area contributed by atoms with Crippen LogP contribution < -0.4 is 5.32 Å². The van der Waals surface area contributed by atoms with Crippen LogP contribution in [0.4, 0.5) is 0 Å². The van der Waals surface area contributed by atoms with Gasteiger partial charge in [0.2, 0.25) is 0 Å². The first-order valence-corrected chi connectivity index (χ1v) is 7.34. The van der Waals surface area contributed by atoms with Gasteiger partial charge in [0.05, 0.1) is 6.61 Å². The third-order valence-electron chi connectivity index (χ3n) is 4.38. The maximum absolute atomic E-state index is 9.25. The molecule has 102 valence electrons. The van der Waals surface area contributed by atoms with E-state index in [0.29, 0.717) is 17.5 Å². The van der Waals surface area contributed by atoms with Gasteiger partial charge in [0, 0.05) is 12.1 Å². The summed E-state index contributed by atoms with van der Waals surface area (Å²) in [5, 5.41) is 12.9. The van der Waals surface area contributed by atoms with Crippen molar-refractivity contribution in [2.24, 2.45) is 11.3 Å². The molecule has 1 rings (SSSR count). The van der Waals surface area contributed by atoms with Crippen molar-refractivity contribution in [2.75, 3.05) is 6.61 Å². The molecule has 1 aliphatic rings. The van der Waals surface area contributed by atoms with Gasteiger partial charge in [0.25, 0.3) is 0 Å². The molecular formula is C15H31NO. The van der Waals surface area contributed by atoms with Gasteiger partial charge in [-0.1, -0.05) is 34.1 Å². The second-order valence-corrected chi connectivity index (χ2v) is 6.72. The van der Waals surface area contributed by atoms with Crippen LogP contribution in [-0.4, -0.2) is 23.8 Å². The molecular weight excluding hydrogens is 210 g/mol. The molecule has 3 atom stereocenters. The van der Waals surface area contributed by atoms with Crippen LogP contribution in [0.3, 0.4) is 0 Å². The SMILES string of the molecule is CCC(CO)NC1CCCC(C(C)(C)C)CC1. The van der Waals surface area contributed by atoms with Crippen molar-refractivity contribution in [1.29, 1.82) is 0 Å². The number of aliphatic hydroxyl groups is 1. The molecule has 0 aromatic rings. The van der Waals surface area contributed by atoms with Crippen LogP contribution in [0.2, 0.25) is 0 Å². The normalized spacial score (nSPS) is 28.8. The topological polar surface area (TPSA) is 32.3 Å².